The molecule has 4 rings (SSSR count). The first-order valence-corrected chi connectivity index (χ1v) is 8.90. The van der Waals surface area contributed by atoms with E-state index in [0.717, 1.165) is 47.9 Å². The van der Waals surface area contributed by atoms with Crippen LogP contribution in [0.3, 0.4) is 0 Å². The Hall–Kier alpha value is -3.09. The minimum Gasteiger partial charge on any atom is -0.493 e. The SMILES string of the molecule is COc1cc(-c2c3c(nc4ncnc(N)c24)CCCC3)cc(OC)c1OC. The van der Waals surface area contributed by atoms with Crippen molar-refractivity contribution in [1.82, 2.24) is 15.0 Å². The summed E-state index contributed by atoms with van der Waals surface area (Å²) in [6.07, 6.45) is 5.58. The van der Waals surface area contributed by atoms with Crippen LogP contribution < -0.4 is 19.9 Å². The number of nitrogen functional groups attached to an aromatic ring is 1. The molecule has 0 saturated carbocycles. The van der Waals surface area contributed by atoms with Gasteiger partial charge in [0.1, 0.15) is 12.1 Å². The molecule has 2 heterocycles. The number of aromatic nitrogens is 3. The molecule has 0 unspecified atom stereocenters. The van der Waals surface area contributed by atoms with Crippen LogP contribution in [0.15, 0.2) is 18.5 Å². The Labute approximate surface area is 157 Å². The smallest absolute Gasteiger partial charge is 0.203 e. The van der Waals surface area contributed by atoms with Crippen LogP contribution in [-0.2, 0) is 12.8 Å². The Morgan fingerprint density at radius 2 is 1.63 bits per heavy atom. The van der Waals surface area contributed by atoms with Crippen molar-refractivity contribution >= 4 is 16.9 Å². The lowest BCUT2D eigenvalue weighted by Gasteiger charge is -2.22. The van der Waals surface area contributed by atoms with E-state index in [0.29, 0.717) is 28.7 Å². The van der Waals surface area contributed by atoms with E-state index in [1.807, 2.05) is 12.1 Å². The topological polar surface area (TPSA) is 92.4 Å². The second-order valence-corrected chi connectivity index (χ2v) is 6.49. The number of benzene rings is 1. The van der Waals surface area contributed by atoms with Gasteiger partial charge in [0.25, 0.3) is 0 Å². The molecule has 0 bridgehead atoms. The lowest BCUT2D eigenvalue weighted by Crippen LogP contribution is -2.10. The highest BCUT2D eigenvalue weighted by molar-refractivity contribution is 6.01. The minimum absolute atomic E-state index is 0.421. The van der Waals surface area contributed by atoms with Gasteiger partial charge in [-0.2, -0.15) is 0 Å². The molecule has 3 aromatic rings. The fraction of sp³-hybridized carbons (Fsp3) is 0.350. The van der Waals surface area contributed by atoms with Gasteiger partial charge in [-0.05, 0) is 48.9 Å². The van der Waals surface area contributed by atoms with Gasteiger partial charge in [0.05, 0.1) is 26.7 Å². The summed E-state index contributed by atoms with van der Waals surface area (Å²) in [5, 5.41) is 0.771. The van der Waals surface area contributed by atoms with Gasteiger partial charge >= 0.3 is 0 Å². The summed E-state index contributed by atoms with van der Waals surface area (Å²) in [4.78, 5) is 13.3. The first kappa shape index (κ1) is 17.3. The molecule has 0 fully saturated rings. The molecule has 0 amide bonds. The van der Waals surface area contributed by atoms with Crippen molar-refractivity contribution in [2.75, 3.05) is 27.1 Å². The Bertz CT molecular complexity index is 995. The molecule has 7 nitrogen and oxygen atoms in total. The number of anilines is 1. The van der Waals surface area contributed by atoms with Crippen molar-refractivity contribution in [3.63, 3.8) is 0 Å². The average molecular weight is 366 g/mol. The second-order valence-electron chi connectivity index (χ2n) is 6.49. The molecule has 0 atom stereocenters. The van der Waals surface area contributed by atoms with Crippen LogP contribution in [0.2, 0.25) is 0 Å². The molecule has 2 aromatic heterocycles. The van der Waals surface area contributed by atoms with E-state index in [1.54, 1.807) is 21.3 Å². The maximum atomic E-state index is 6.25. The zero-order valence-corrected chi connectivity index (χ0v) is 15.7. The second kappa shape index (κ2) is 6.90. The lowest BCUT2D eigenvalue weighted by atomic mass is 9.87. The maximum absolute atomic E-state index is 6.25. The average Bonchev–Trinajstić information content (AvgIpc) is 2.71. The van der Waals surface area contributed by atoms with E-state index in [1.165, 1.54) is 11.9 Å². The predicted octanol–water partition coefficient (Wildman–Crippen LogP) is 3.18. The van der Waals surface area contributed by atoms with E-state index in [9.17, 15) is 0 Å². The van der Waals surface area contributed by atoms with E-state index < -0.39 is 0 Å². The highest BCUT2D eigenvalue weighted by Gasteiger charge is 2.24. The molecule has 1 aliphatic rings. The summed E-state index contributed by atoms with van der Waals surface area (Å²) in [7, 11) is 4.81. The quantitative estimate of drug-likeness (QED) is 0.758. The van der Waals surface area contributed by atoms with Crippen molar-refractivity contribution in [1.29, 1.82) is 0 Å². The number of hydrogen-bond donors (Lipinski definition) is 1. The molecule has 0 radical (unpaired) electrons. The molecule has 1 aromatic carbocycles. The van der Waals surface area contributed by atoms with Crippen LogP contribution >= 0.6 is 0 Å². The highest BCUT2D eigenvalue weighted by Crippen LogP contribution is 2.45. The third-order valence-electron chi connectivity index (χ3n) is 5.04. The number of aryl methyl sites for hydroxylation is 1. The number of nitrogens with zero attached hydrogens (tertiary/aromatic N) is 3. The van der Waals surface area contributed by atoms with Gasteiger partial charge < -0.3 is 19.9 Å². The van der Waals surface area contributed by atoms with Crippen molar-refractivity contribution < 1.29 is 14.2 Å². The zero-order valence-electron chi connectivity index (χ0n) is 15.7. The van der Waals surface area contributed by atoms with Gasteiger partial charge in [-0.15, -0.1) is 0 Å². The molecule has 140 valence electrons. The van der Waals surface area contributed by atoms with Crippen molar-refractivity contribution in [3.05, 3.63) is 29.7 Å². The van der Waals surface area contributed by atoms with E-state index in [4.69, 9.17) is 24.9 Å². The molecule has 7 heteroatoms. The molecule has 0 aliphatic heterocycles. The number of rotatable bonds is 4. The van der Waals surface area contributed by atoms with Crippen molar-refractivity contribution in [2.24, 2.45) is 0 Å². The zero-order chi connectivity index (χ0) is 19.0. The van der Waals surface area contributed by atoms with Gasteiger partial charge in [0.15, 0.2) is 17.1 Å². The van der Waals surface area contributed by atoms with Gasteiger partial charge in [0.2, 0.25) is 5.75 Å². The van der Waals surface area contributed by atoms with Gasteiger partial charge in [-0.1, -0.05) is 0 Å². The van der Waals surface area contributed by atoms with Crippen LogP contribution in [0.1, 0.15) is 24.1 Å². The summed E-state index contributed by atoms with van der Waals surface area (Å²) in [5.74, 6) is 2.17. The van der Waals surface area contributed by atoms with E-state index in [-0.39, 0.29) is 0 Å². The third-order valence-corrected chi connectivity index (χ3v) is 5.04. The number of ether oxygens (including phenoxy) is 3. The Balaban J connectivity index is 2.10. The molecular weight excluding hydrogens is 344 g/mol. The van der Waals surface area contributed by atoms with Crippen LogP contribution in [0.5, 0.6) is 17.2 Å². The lowest BCUT2D eigenvalue weighted by molar-refractivity contribution is 0.324. The molecule has 0 saturated heterocycles. The maximum Gasteiger partial charge on any atom is 0.203 e. The largest absolute Gasteiger partial charge is 0.493 e. The summed E-state index contributed by atoms with van der Waals surface area (Å²) < 4.78 is 16.5. The van der Waals surface area contributed by atoms with Crippen LogP contribution in [0.25, 0.3) is 22.2 Å². The van der Waals surface area contributed by atoms with Gasteiger partial charge in [-0.3, -0.25) is 0 Å². The van der Waals surface area contributed by atoms with E-state index >= 15 is 0 Å². The number of hydrogen-bond acceptors (Lipinski definition) is 7. The molecular formula is C20H22N4O3. The Morgan fingerprint density at radius 3 is 2.30 bits per heavy atom. The fourth-order valence-corrected chi connectivity index (χ4v) is 3.82. The summed E-state index contributed by atoms with van der Waals surface area (Å²) >= 11 is 0. The minimum atomic E-state index is 0.421. The molecule has 2 N–H and O–H groups in total. The molecule has 1 aliphatic carbocycles. The fourth-order valence-electron chi connectivity index (χ4n) is 3.82. The summed E-state index contributed by atoms with van der Waals surface area (Å²) in [5.41, 5.74) is 11.1. The number of pyridine rings is 1. The third kappa shape index (κ3) is 2.79. The first-order chi connectivity index (χ1) is 13.2. The number of methoxy groups -OCH3 is 3. The first-order valence-electron chi connectivity index (χ1n) is 8.90. The summed E-state index contributed by atoms with van der Waals surface area (Å²) in [6.45, 7) is 0. The van der Waals surface area contributed by atoms with Crippen LogP contribution in [0.4, 0.5) is 5.82 Å². The summed E-state index contributed by atoms with van der Waals surface area (Å²) in [6, 6.07) is 3.88. The van der Waals surface area contributed by atoms with Gasteiger partial charge in [0, 0.05) is 11.3 Å². The standard InChI is InChI=1S/C20H22N4O3/c1-25-14-8-11(9-15(26-2)18(14)27-3)16-12-6-4-5-7-13(12)24-20-17(16)19(21)22-10-23-20/h8-10H,4-7H2,1-3H3,(H2,21,22,23,24). The molecule has 0 spiro atoms. The van der Waals surface area contributed by atoms with Crippen LogP contribution in [-0.4, -0.2) is 36.3 Å². The normalized spacial score (nSPS) is 13.3. The molecule has 27 heavy (non-hydrogen) atoms. The number of fused-ring (bicyclic) bond motifs is 2. The van der Waals surface area contributed by atoms with Crippen molar-refractivity contribution in [3.8, 4) is 28.4 Å². The highest BCUT2D eigenvalue weighted by atomic mass is 16.5. The number of nitrogens with two attached hydrogens (primary N) is 1. The Morgan fingerprint density at radius 1 is 0.926 bits per heavy atom. The Kier molecular flexibility index (Phi) is 4.43. The predicted molar refractivity (Wildman–Crippen MR) is 103 cm³/mol. The van der Waals surface area contributed by atoms with Crippen LogP contribution in [0, 0.1) is 0 Å². The van der Waals surface area contributed by atoms with Crippen molar-refractivity contribution in [2.45, 2.75) is 25.7 Å². The van der Waals surface area contributed by atoms with Gasteiger partial charge in [-0.25, -0.2) is 15.0 Å². The monoisotopic (exact) mass is 366 g/mol. The van der Waals surface area contributed by atoms with E-state index in [2.05, 4.69) is 9.97 Å².